The average Bonchev–Trinajstić information content (AvgIpc) is 2.86. The summed E-state index contributed by atoms with van der Waals surface area (Å²) in [7, 11) is 0. The van der Waals surface area contributed by atoms with Crippen LogP contribution in [-0.2, 0) is 17.6 Å². The number of amides is 1. The molecule has 1 aromatic heterocycles. The monoisotopic (exact) mass is 320 g/mol. The van der Waals surface area contributed by atoms with Crippen molar-refractivity contribution >= 4 is 11.9 Å². The predicted octanol–water partition coefficient (Wildman–Crippen LogP) is 0.161. The maximum atomic E-state index is 12.6. The normalized spacial score (nSPS) is 23.6. The third kappa shape index (κ3) is 3.14. The molecule has 1 saturated heterocycles. The maximum Gasteiger partial charge on any atom is 0.303 e. The van der Waals surface area contributed by atoms with Crippen LogP contribution in [0.15, 0.2) is 10.9 Å². The Morgan fingerprint density at radius 2 is 2.00 bits per heavy atom. The van der Waals surface area contributed by atoms with Crippen LogP contribution >= 0.6 is 0 Å². The molecule has 23 heavy (non-hydrogen) atoms. The number of aromatic nitrogens is 1. The lowest BCUT2D eigenvalue weighted by atomic mass is 9.95. The molecule has 0 aromatic carbocycles. The van der Waals surface area contributed by atoms with E-state index in [2.05, 4.69) is 4.98 Å². The van der Waals surface area contributed by atoms with E-state index in [1.165, 1.54) is 4.90 Å². The number of nitrogens with zero attached hydrogens (tertiary/aromatic N) is 1. The Morgan fingerprint density at radius 1 is 1.26 bits per heavy atom. The summed E-state index contributed by atoms with van der Waals surface area (Å²) in [4.78, 5) is 39.7. The zero-order chi connectivity index (χ0) is 16.6. The van der Waals surface area contributed by atoms with Gasteiger partial charge in [-0.25, -0.2) is 0 Å². The van der Waals surface area contributed by atoms with Crippen LogP contribution in [-0.4, -0.2) is 51.2 Å². The molecule has 0 bridgehead atoms. The van der Waals surface area contributed by atoms with E-state index in [-0.39, 0.29) is 25.1 Å². The molecular formula is C16H20N2O5. The lowest BCUT2D eigenvalue weighted by Crippen LogP contribution is -2.34. The SMILES string of the molecule is O=C(O)C[C@@H]1CN(C(=O)c2cc3c([nH]c2=O)CCCC3)C[C@H]1O. The minimum absolute atomic E-state index is 0.0628. The van der Waals surface area contributed by atoms with Crippen molar-refractivity contribution in [3.8, 4) is 0 Å². The van der Waals surface area contributed by atoms with Crippen LogP contribution in [0.25, 0.3) is 0 Å². The molecule has 0 saturated carbocycles. The molecule has 1 aliphatic heterocycles. The number of aliphatic carboxylic acids is 1. The van der Waals surface area contributed by atoms with E-state index in [0.29, 0.717) is 0 Å². The molecule has 0 radical (unpaired) electrons. The molecule has 2 heterocycles. The van der Waals surface area contributed by atoms with E-state index in [4.69, 9.17) is 5.11 Å². The van der Waals surface area contributed by atoms with Gasteiger partial charge in [0.2, 0.25) is 0 Å². The van der Waals surface area contributed by atoms with Crippen molar-refractivity contribution in [2.24, 2.45) is 5.92 Å². The number of fused-ring (bicyclic) bond motifs is 1. The van der Waals surface area contributed by atoms with E-state index in [0.717, 1.165) is 36.9 Å². The molecule has 7 heteroatoms. The minimum Gasteiger partial charge on any atom is -0.481 e. The van der Waals surface area contributed by atoms with Crippen LogP contribution in [0.2, 0.25) is 0 Å². The highest BCUT2D eigenvalue weighted by atomic mass is 16.4. The van der Waals surface area contributed by atoms with Gasteiger partial charge in [-0.05, 0) is 37.3 Å². The molecule has 3 N–H and O–H groups in total. The summed E-state index contributed by atoms with van der Waals surface area (Å²) >= 11 is 0. The molecule has 2 atom stereocenters. The number of aliphatic hydroxyl groups is 1. The number of carbonyl (C=O) groups excluding carboxylic acids is 1. The quantitative estimate of drug-likeness (QED) is 0.735. The number of H-pyrrole nitrogens is 1. The topological polar surface area (TPSA) is 111 Å². The summed E-state index contributed by atoms with van der Waals surface area (Å²) in [6.45, 7) is 0.218. The number of likely N-dealkylation sites (tertiary alicyclic amines) is 1. The van der Waals surface area contributed by atoms with Crippen molar-refractivity contribution in [2.45, 2.75) is 38.2 Å². The van der Waals surface area contributed by atoms with Crippen LogP contribution in [0.1, 0.15) is 40.9 Å². The summed E-state index contributed by atoms with van der Waals surface area (Å²) in [6.07, 6.45) is 2.68. The number of carbonyl (C=O) groups is 2. The van der Waals surface area contributed by atoms with E-state index in [1.807, 2.05) is 0 Å². The number of nitrogens with one attached hydrogen (secondary N) is 1. The van der Waals surface area contributed by atoms with Gasteiger partial charge in [-0.15, -0.1) is 0 Å². The molecule has 1 aliphatic carbocycles. The summed E-state index contributed by atoms with van der Waals surface area (Å²) in [5.74, 6) is -1.94. The van der Waals surface area contributed by atoms with Crippen LogP contribution < -0.4 is 5.56 Å². The molecule has 1 aromatic rings. The van der Waals surface area contributed by atoms with Gasteiger partial charge >= 0.3 is 5.97 Å². The minimum atomic E-state index is -1.00. The number of aryl methyl sites for hydroxylation is 2. The second-order valence-corrected chi connectivity index (χ2v) is 6.36. The molecule has 2 aliphatic rings. The Bertz CT molecular complexity index is 696. The Hall–Kier alpha value is -2.15. The highest BCUT2D eigenvalue weighted by Gasteiger charge is 2.36. The van der Waals surface area contributed by atoms with Crippen molar-refractivity contribution < 1.29 is 19.8 Å². The molecule has 3 rings (SSSR count). The molecule has 7 nitrogen and oxygen atoms in total. The molecular weight excluding hydrogens is 300 g/mol. The van der Waals surface area contributed by atoms with E-state index in [9.17, 15) is 19.5 Å². The molecule has 0 unspecified atom stereocenters. The summed E-state index contributed by atoms with van der Waals surface area (Å²) in [5, 5.41) is 18.8. The first-order valence-electron chi connectivity index (χ1n) is 7.90. The average molecular weight is 320 g/mol. The van der Waals surface area contributed by atoms with Crippen molar-refractivity contribution in [3.05, 3.63) is 33.2 Å². The van der Waals surface area contributed by atoms with Crippen LogP contribution in [0.5, 0.6) is 0 Å². The summed E-state index contributed by atoms with van der Waals surface area (Å²) < 4.78 is 0. The van der Waals surface area contributed by atoms with Gasteiger partial charge in [-0.1, -0.05) is 0 Å². The Labute approximate surface area is 132 Å². The number of hydrogen-bond acceptors (Lipinski definition) is 4. The summed E-state index contributed by atoms with van der Waals surface area (Å²) in [6, 6.07) is 1.66. The lowest BCUT2D eigenvalue weighted by Gasteiger charge is -2.19. The van der Waals surface area contributed by atoms with Crippen molar-refractivity contribution in [2.75, 3.05) is 13.1 Å². The first-order valence-corrected chi connectivity index (χ1v) is 7.90. The third-order valence-corrected chi connectivity index (χ3v) is 4.70. The van der Waals surface area contributed by atoms with E-state index < -0.39 is 29.5 Å². The van der Waals surface area contributed by atoms with Crippen molar-refractivity contribution in [1.29, 1.82) is 0 Å². The van der Waals surface area contributed by atoms with Gasteiger partial charge < -0.3 is 20.1 Å². The Morgan fingerprint density at radius 3 is 2.74 bits per heavy atom. The van der Waals surface area contributed by atoms with Gasteiger partial charge in [0.25, 0.3) is 11.5 Å². The number of carboxylic acid groups (broad SMARTS) is 1. The first-order chi connectivity index (χ1) is 11.0. The smallest absolute Gasteiger partial charge is 0.303 e. The number of carboxylic acids is 1. The molecule has 1 amide bonds. The summed E-state index contributed by atoms with van der Waals surface area (Å²) in [5.41, 5.74) is 1.57. The van der Waals surface area contributed by atoms with Crippen molar-refractivity contribution in [3.63, 3.8) is 0 Å². The Kier molecular flexibility index (Phi) is 4.21. The standard InChI is InChI=1S/C16H20N2O5/c19-13-8-18(7-10(13)6-14(20)21)16(23)11-5-9-3-1-2-4-12(9)17-15(11)22/h5,10,13,19H,1-4,6-8H2,(H,17,22)(H,20,21)/t10-,13-/m1/s1. The fourth-order valence-electron chi connectivity index (χ4n) is 3.45. The first kappa shape index (κ1) is 15.7. The van der Waals surface area contributed by atoms with Gasteiger partial charge in [-0.2, -0.15) is 0 Å². The highest BCUT2D eigenvalue weighted by molar-refractivity contribution is 5.94. The number of aromatic amines is 1. The van der Waals surface area contributed by atoms with Gasteiger partial charge in [0.15, 0.2) is 0 Å². The van der Waals surface area contributed by atoms with Crippen LogP contribution in [0.3, 0.4) is 0 Å². The molecule has 0 spiro atoms. The van der Waals surface area contributed by atoms with E-state index in [1.54, 1.807) is 6.07 Å². The van der Waals surface area contributed by atoms with Gasteiger partial charge in [0.05, 0.1) is 12.5 Å². The fraction of sp³-hybridized carbons (Fsp3) is 0.562. The molecule has 1 fully saturated rings. The highest BCUT2D eigenvalue weighted by Crippen LogP contribution is 2.23. The van der Waals surface area contributed by atoms with E-state index >= 15 is 0 Å². The zero-order valence-electron chi connectivity index (χ0n) is 12.7. The number of β-amino-alcohol motifs (C(OH)–C–C–N with tert-alkyl or cyclic N) is 1. The number of aliphatic hydroxyl groups excluding tert-OH is 1. The van der Waals surface area contributed by atoms with Crippen LogP contribution in [0.4, 0.5) is 0 Å². The third-order valence-electron chi connectivity index (χ3n) is 4.70. The Balaban J connectivity index is 1.81. The van der Waals surface area contributed by atoms with Gasteiger partial charge in [-0.3, -0.25) is 14.4 Å². The number of pyridine rings is 1. The second-order valence-electron chi connectivity index (χ2n) is 6.36. The number of rotatable bonds is 3. The number of hydrogen-bond donors (Lipinski definition) is 3. The predicted molar refractivity (Wildman–Crippen MR) is 81.4 cm³/mol. The molecule has 124 valence electrons. The zero-order valence-corrected chi connectivity index (χ0v) is 12.7. The second kappa shape index (κ2) is 6.16. The van der Waals surface area contributed by atoms with Gasteiger partial charge in [0, 0.05) is 24.7 Å². The largest absolute Gasteiger partial charge is 0.481 e. The van der Waals surface area contributed by atoms with Gasteiger partial charge in [0.1, 0.15) is 5.56 Å². The maximum absolute atomic E-state index is 12.6. The fourth-order valence-corrected chi connectivity index (χ4v) is 3.45. The van der Waals surface area contributed by atoms with Crippen LogP contribution in [0, 0.1) is 5.92 Å². The lowest BCUT2D eigenvalue weighted by molar-refractivity contribution is -0.138. The van der Waals surface area contributed by atoms with Crippen molar-refractivity contribution in [1.82, 2.24) is 9.88 Å².